The predicted molar refractivity (Wildman–Crippen MR) is 77.9 cm³/mol. The van der Waals surface area contributed by atoms with Crippen LogP contribution in [0.25, 0.3) is 0 Å². The lowest BCUT2D eigenvalue weighted by Crippen LogP contribution is -2.40. The summed E-state index contributed by atoms with van der Waals surface area (Å²) < 4.78 is 0. The van der Waals surface area contributed by atoms with Crippen LogP contribution in [0.4, 0.5) is 0 Å². The quantitative estimate of drug-likeness (QED) is 0.882. The lowest BCUT2D eigenvalue weighted by molar-refractivity contribution is 0.147. The monoisotopic (exact) mass is 266 g/mol. The van der Waals surface area contributed by atoms with Crippen LogP contribution in [-0.2, 0) is 0 Å². The lowest BCUT2D eigenvalue weighted by Gasteiger charge is -2.35. The molecular formula is C15H23ClN2. The van der Waals surface area contributed by atoms with Gasteiger partial charge >= 0.3 is 0 Å². The lowest BCUT2D eigenvalue weighted by atomic mass is 10.0. The van der Waals surface area contributed by atoms with E-state index in [2.05, 4.69) is 24.0 Å². The molecule has 0 amide bonds. The number of hydrogen-bond donors (Lipinski definition) is 1. The van der Waals surface area contributed by atoms with Crippen LogP contribution in [0.1, 0.15) is 44.2 Å². The molecule has 1 aliphatic rings. The second-order valence-corrected chi connectivity index (χ2v) is 5.51. The highest BCUT2D eigenvalue weighted by Gasteiger charge is 2.27. The smallest absolute Gasteiger partial charge is 0.0473 e. The molecule has 100 valence electrons. The zero-order valence-electron chi connectivity index (χ0n) is 11.1. The molecule has 1 aromatic carbocycles. The summed E-state index contributed by atoms with van der Waals surface area (Å²) in [6.45, 7) is 3.94. The van der Waals surface area contributed by atoms with Crippen molar-refractivity contribution >= 4 is 11.6 Å². The molecule has 1 aliphatic carbocycles. The predicted octanol–water partition coefficient (Wildman–Crippen LogP) is 3.60. The van der Waals surface area contributed by atoms with Gasteiger partial charge in [-0.25, -0.2) is 0 Å². The van der Waals surface area contributed by atoms with Gasteiger partial charge in [0.2, 0.25) is 0 Å². The van der Waals surface area contributed by atoms with Crippen LogP contribution in [0.3, 0.4) is 0 Å². The highest BCUT2D eigenvalue weighted by atomic mass is 35.5. The second kappa shape index (κ2) is 6.55. The van der Waals surface area contributed by atoms with E-state index in [9.17, 15) is 0 Å². The molecule has 0 saturated heterocycles. The van der Waals surface area contributed by atoms with Crippen LogP contribution in [0.2, 0.25) is 5.02 Å². The molecular weight excluding hydrogens is 244 g/mol. The maximum Gasteiger partial charge on any atom is 0.0473 e. The zero-order valence-corrected chi connectivity index (χ0v) is 11.9. The van der Waals surface area contributed by atoms with Gasteiger partial charge in [-0.2, -0.15) is 0 Å². The Labute approximate surface area is 115 Å². The van der Waals surface area contributed by atoms with Crippen molar-refractivity contribution in [3.63, 3.8) is 0 Å². The van der Waals surface area contributed by atoms with Gasteiger partial charge in [-0.3, -0.25) is 4.90 Å². The third-order valence-electron chi connectivity index (χ3n) is 4.02. The largest absolute Gasteiger partial charge is 0.329 e. The van der Waals surface area contributed by atoms with Crippen LogP contribution < -0.4 is 5.73 Å². The summed E-state index contributed by atoms with van der Waals surface area (Å²) in [6.07, 6.45) is 5.33. The molecule has 2 N–H and O–H groups in total. The van der Waals surface area contributed by atoms with Crippen molar-refractivity contribution in [2.24, 2.45) is 5.73 Å². The molecule has 0 bridgehead atoms. The second-order valence-electron chi connectivity index (χ2n) is 5.08. The standard InChI is InChI=1S/C15H23ClN2/c1-2-18(14-8-3-4-9-14)15(11-17)12-6-5-7-13(16)10-12/h5-7,10,14-15H,2-4,8-9,11,17H2,1H3. The Balaban J connectivity index is 2.19. The van der Waals surface area contributed by atoms with Gasteiger partial charge in [0.15, 0.2) is 0 Å². The average molecular weight is 267 g/mol. The van der Waals surface area contributed by atoms with Crippen molar-refractivity contribution in [1.29, 1.82) is 0 Å². The summed E-state index contributed by atoms with van der Waals surface area (Å²) in [7, 11) is 0. The van der Waals surface area contributed by atoms with Gasteiger partial charge in [0.05, 0.1) is 0 Å². The molecule has 1 unspecified atom stereocenters. The number of halogens is 1. The summed E-state index contributed by atoms with van der Waals surface area (Å²) in [4.78, 5) is 2.55. The van der Waals surface area contributed by atoms with E-state index in [1.807, 2.05) is 12.1 Å². The van der Waals surface area contributed by atoms with Crippen molar-refractivity contribution in [2.75, 3.05) is 13.1 Å². The summed E-state index contributed by atoms with van der Waals surface area (Å²) in [5.41, 5.74) is 7.26. The van der Waals surface area contributed by atoms with E-state index < -0.39 is 0 Å². The minimum Gasteiger partial charge on any atom is -0.329 e. The first-order chi connectivity index (χ1) is 8.76. The highest BCUT2D eigenvalue weighted by molar-refractivity contribution is 6.30. The first kappa shape index (κ1) is 13.9. The van der Waals surface area contributed by atoms with Crippen LogP contribution in [-0.4, -0.2) is 24.0 Å². The molecule has 0 spiro atoms. The van der Waals surface area contributed by atoms with Crippen molar-refractivity contribution in [3.8, 4) is 0 Å². The van der Waals surface area contributed by atoms with E-state index >= 15 is 0 Å². The number of hydrogen-bond acceptors (Lipinski definition) is 2. The number of nitrogens with two attached hydrogens (primary N) is 1. The van der Waals surface area contributed by atoms with Gasteiger partial charge in [-0.1, -0.05) is 43.5 Å². The normalized spacial score (nSPS) is 18.4. The molecule has 0 heterocycles. The Hall–Kier alpha value is -0.570. The number of rotatable bonds is 5. The molecule has 18 heavy (non-hydrogen) atoms. The van der Waals surface area contributed by atoms with E-state index in [1.165, 1.54) is 31.2 Å². The van der Waals surface area contributed by atoms with Gasteiger partial charge in [0.1, 0.15) is 0 Å². The Kier molecular flexibility index (Phi) is 5.04. The van der Waals surface area contributed by atoms with Crippen molar-refractivity contribution in [1.82, 2.24) is 4.90 Å². The van der Waals surface area contributed by atoms with Gasteiger partial charge in [-0.05, 0) is 37.1 Å². The Morgan fingerprint density at radius 3 is 2.67 bits per heavy atom. The van der Waals surface area contributed by atoms with Crippen LogP contribution in [0.5, 0.6) is 0 Å². The highest BCUT2D eigenvalue weighted by Crippen LogP contribution is 2.31. The van der Waals surface area contributed by atoms with Crippen LogP contribution >= 0.6 is 11.6 Å². The van der Waals surface area contributed by atoms with E-state index in [1.54, 1.807) is 0 Å². The topological polar surface area (TPSA) is 29.3 Å². The zero-order chi connectivity index (χ0) is 13.0. The van der Waals surface area contributed by atoms with E-state index in [-0.39, 0.29) is 0 Å². The summed E-state index contributed by atoms with van der Waals surface area (Å²) in [5.74, 6) is 0. The number of benzene rings is 1. The van der Waals surface area contributed by atoms with Crippen molar-refractivity contribution < 1.29 is 0 Å². The van der Waals surface area contributed by atoms with E-state index in [4.69, 9.17) is 17.3 Å². The molecule has 1 saturated carbocycles. The number of nitrogens with zero attached hydrogens (tertiary/aromatic N) is 1. The minimum absolute atomic E-state index is 0.303. The molecule has 0 radical (unpaired) electrons. The number of likely N-dealkylation sites (N-methyl/N-ethyl adjacent to an activating group) is 1. The first-order valence-electron chi connectivity index (χ1n) is 6.97. The van der Waals surface area contributed by atoms with E-state index in [0.717, 1.165) is 11.6 Å². The van der Waals surface area contributed by atoms with Crippen LogP contribution in [0, 0.1) is 0 Å². The molecule has 2 nitrogen and oxygen atoms in total. The maximum atomic E-state index is 6.09. The molecule has 1 aromatic rings. The fraction of sp³-hybridized carbons (Fsp3) is 0.600. The molecule has 0 aromatic heterocycles. The van der Waals surface area contributed by atoms with Crippen LogP contribution in [0.15, 0.2) is 24.3 Å². The average Bonchev–Trinajstić information content (AvgIpc) is 2.89. The van der Waals surface area contributed by atoms with Crippen molar-refractivity contribution in [2.45, 2.75) is 44.7 Å². The fourth-order valence-electron chi connectivity index (χ4n) is 3.15. The van der Waals surface area contributed by atoms with E-state index in [0.29, 0.717) is 18.6 Å². The molecule has 3 heteroatoms. The molecule has 2 rings (SSSR count). The minimum atomic E-state index is 0.303. The summed E-state index contributed by atoms with van der Waals surface area (Å²) in [5, 5.41) is 0.799. The van der Waals surface area contributed by atoms with Gasteiger partial charge in [0.25, 0.3) is 0 Å². The summed E-state index contributed by atoms with van der Waals surface area (Å²) in [6, 6.07) is 9.13. The third kappa shape index (κ3) is 3.05. The van der Waals surface area contributed by atoms with Gasteiger partial charge in [-0.15, -0.1) is 0 Å². The SMILES string of the molecule is CCN(C1CCCC1)C(CN)c1cccc(Cl)c1. The fourth-order valence-corrected chi connectivity index (χ4v) is 3.34. The Morgan fingerprint density at radius 2 is 2.11 bits per heavy atom. The molecule has 1 fully saturated rings. The first-order valence-corrected chi connectivity index (χ1v) is 7.35. The molecule has 0 aliphatic heterocycles. The van der Waals surface area contributed by atoms with Gasteiger partial charge in [0, 0.05) is 23.7 Å². The Morgan fingerprint density at radius 1 is 1.39 bits per heavy atom. The summed E-state index contributed by atoms with van der Waals surface area (Å²) >= 11 is 6.09. The Bertz CT molecular complexity index is 375. The third-order valence-corrected chi connectivity index (χ3v) is 4.25. The molecule has 1 atom stereocenters. The van der Waals surface area contributed by atoms with Crippen molar-refractivity contribution in [3.05, 3.63) is 34.9 Å². The van der Waals surface area contributed by atoms with Gasteiger partial charge < -0.3 is 5.73 Å². The maximum absolute atomic E-state index is 6.09.